The molecule has 0 amide bonds. The van der Waals surface area contributed by atoms with E-state index in [-0.39, 0.29) is 6.10 Å². The van der Waals surface area contributed by atoms with E-state index >= 15 is 0 Å². The van der Waals surface area contributed by atoms with Gasteiger partial charge in [-0.05, 0) is 25.0 Å². The Bertz CT molecular complexity index is 629. The first-order valence-corrected chi connectivity index (χ1v) is 6.65. The fourth-order valence-electron chi connectivity index (χ4n) is 3.28. The van der Waals surface area contributed by atoms with Crippen molar-refractivity contribution in [1.29, 1.82) is 5.26 Å². The van der Waals surface area contributed by atoms with Crippen LogP contribution in [0.25, 0.3) is 0 Å². The van der Waals surface area contributed by atoms with Crippen LogP contribution in [0.15, 0.2) is 24.3 Å². The molecule has 1 aliphatic carbocycles. The number of nitrogens with zero attached hydrogens (tertiary/aromatic N) is 1. The Kier molecular flexibility index (Phi) is 2.98. The van der Waals surface area contributed by atoms with Crippen molar-refractivity contribution in [3.05, 3.63) is 35.4 Å². The fourth-order valence-corrected chi connectivity index (χ4v) is 3.28. The molecule has 4 heteroatoms. The summed E-state index contributed by atoms with van der Waals surface area (Å²) in [6.45, 7) is 0. The van der Waals surface area contributed by atoms with Crippen molar-refractivity contribution in [2.45, 2.75) is 30.8 Å². The number of methoxy groups -OCH3 is 1. The molecule has 0 fully saturated rings. The number of benzene rings is 1. The SMILES string of the molecule is COc1ccc(C=O)c2c1OC1CCC=CC21CC#N. The summed E-state index contributed by atoms with van der Waals surface area (Å²) >= 11 is 0. The maximum atomic E-state index is 11.4. The van der Waals surface area contributed by atoms with Crippen LogP contribution in [0.4, 0.5) is 0 Å². The predicted molar refractivity (Wildman–Crippen MR) is 73.1 cm³/mol. The number of aldehydes is 1. The van der Waals surface area contributed by atoms with E-state index in [9.17, 15) is 10.1 Å². The molecule has 0 saturated carbocycles. The number of hydrogen-bond donors (Lipinski definition) is 0. The van der Waals surface area contributed by atoms with Gasteiger partial charge in [0.25, 0.3) is 0 Å². The van der Waals surface area contributed by atoms with E-state index < -0.39 is 5.41 Å². The van der Waals surface area contributed by atoms with Crippen LogP contribution < -0.4 is 9.47 Å². The Morgan fingerprint density at radius 1 is 1.60 bits per heavy atom. The molecule has 2 unspecified atom stereocenters. The lowest BCUT2D eigenvalue weighted by Crippen LogP contribution is -2.38. The van der Waals surface area contributed by atoms with Crippen molar-refractivity contribution in [3.8, 4) is 17.6 Å². The first-order valence-electron chi connectivity index (χ1n) is 6.65. The molecular weight excluding hydrogens is 254 g/mol. The second-order valence-corrected chi connectivity index (χ2v) is 5.14. The van der Waals surface area contributed by atoms with Crippen LogP contribution in [0.3, 0.4) is 0 Å². The number of carbonyl (C=O) groups excluding carboxylic acids is 1. The lowest BCUT2D eigenvalue weighted by molar-refractivity contribution is 0.112. The zero-order valence-corrected chi connectivity index (χ0v) is 11.3. The normalized spacial score (nSPS) is 26.1. The summed E-state index contributed by atoms with van der Waals surface area (Å²) in [6, 6.07) is 5.72. The first-order chi connectivity index (χ1) is 9.76. The van der Waals surface area contributed by atoms with E-state index in [2.05, 4.69) is 12.1 Å². The molecule has 0 aromatic heterocycles. The van der Waals surface area contributed by atoms with Crippen LogP contribution in [-0.4, -0.2) is 19.5 Å². The predicted octanol–water partition coefficient (Wildman–Crippen LogP) is 2.77. The van der Waals surface area contributed by atoms with Gasteiger partial charge in [-0.15, -0.1) is 0 Å². The van der Waals surface area contributed by atoms with Gasteiger partial charge in [0.05, 0.1) is 25.0 Å². The summed E-state index contributed by atoms with van der Waals surface area (Å²) in [5.41, 5.74) is 0.854. The second-order valence-electron chi connectivity index (χ2n) is 5.14. The summed E-state index contributed by atoms with van der Waals surface area (Å²) in [4.78, 5) is 11.4. The standard InChI is InChI=1S/C16H15NO3/c1-19-12-6-5-11(10-18)14-15(12)20-13-4-2-3-7-16(13,14)8-9-17/h3,5-7,10,13H,2,4,8H2,1H3. The molecule has 0 saturated heterocycles. The van der Waals surface area contributed by atoms with Gasteiger partial charge in [-0.25, -0.2) is 0 Å². The monoisotopic (exact) mass is 269 g/mol. The molecule has 4 nitrogen and oxygen atoms in total. The molecule has 102 valence electrons. The van der Waals surface area contributed by atoms with Crippen molar-refractivity contribution >= 4 is 6.29 Å². The molecule has 0 N–H and O–H groups in total. The Labute approximate surface area is 117 Å². The molecule has 0 spiro atoms. The maximum absolute atomic E-state index is 11.4. The highest BCUT2D eigenvalue weighted by atomic mass is 16.5. The first kappa shape index (κ1) is 12.7. The summed E-state index contributed by atoms with van der Waals surface area (Å²) < 4.78 is 11.4. The van der Waals surface area contributed by atoms with Crippen LogP contribution >= 0.6 is 0 Å². The Hall–Kier alpha value is -2.28. The minimum Gasteiger partial charge on any atom is -0.493 e. The van der Waals surface area contributed by atoms with Crippen molar-refractivity contribution in [3.63, 3.8) is 0 Å². The minimum absolute atomic E-state index is 0.0999. The lowest BCUT2D eigenvalue weighted by atomic mass is 9.69. The van der Waals surface area contributed by atoms with Gasteiger partial charge in [0.2, 0.25) is 0 Å². The Balaban J connectivity index is 2.28. The van der Waals surface area contributed by atoms with Crippen molar-refractivity contribution in [2.24, 2.45) is 0 Å². The molecule has 1 aromatic rings. The maximum Gasteiger partial charge on any atom is 0.166 e. The molecule has 0 bridgehead atoms. The molecule has 1 heterocycles. The lowest BCUT2D eigenvalue weighted by Gasteiger charge is -2.32. The number of allylic oxidation sites excluding steroid dienone is 1. The molecule has 20 heavy (non-hydrogen) atoms. The third kappa shape index (κ3) is 1.56. The number of fused-ring (bicyclic) bond motifs is 3. The topological polar surface area (TPSA) is 59.3 Å². The number of hydrogen-bond acceptors (Lipinski definition) is 4. The van der Waals surface area contributed by atoms with Gasteiger partial charge in [0.1, 0.15) is 6.10 Å². The number of rotatable bonds is 3. The third-order valence-corrected chi connectivity index (χ3v) is 4.18. The molecule has 2 atom stereocenters. The van der Waals surface area contributed by atoms with Gasteiger partial charge in [-0.2, -0.15) is 5.26 Å². The van der Waals surface area contributed by atoms with Crippen LogP contribution in [0, 0.1) is 11.3 Å². The van der Waals surface area contributed by atoms with Crippen LogP contribution in [0.2, 0.25) is 0 Å². The van der Waals surface area contributed by atoms with Gasteiger partial charge in [0, 0.05) is 11.1 Å². The molecular formula is C16H15NO3. The van der Waals surface area contributed by atoms with E-state index in [0.29, 0.717) is 23.5 Å². The van der Waals surface area contributed by atoms with E-state index in [0.717, 1.165) is 24.7 Å². The highest BCUT2D eigenvalue weighted by Gasteiger charge is 2.50. The fraction of sp³-hybridized carbons (Fsp3) is 0.375. The van der Waals surface area contributed by atoms with Gasteiger partial charge < -0.3 is 9.47 Å². The highest BCUT2D eigenvalue weighted by molar-refractivity contribution is 5.82. The molecule has 2 aliphatic rings. The summed E-state index contributed by atoms with van der Waals surface area (Å²) in [7, 11) is 1.58. The number of nitriles is 1. The van der Waals surface area contributed by atoms with Crippen LogP contribution in [-0.2, 0) is 5.41 Å². The molecule has 3 rings (SSSR count). The Morgan fingerprint density at radius 2 is 2.45 bits per heavy atom. The largest absolute Gasteiger partial charge is 0.493 e. The molecule has 0 radical (unpaired) electrons. The van der Waals surface area contributed by atoms with E-state index in [1.165, 1.54) is 0 Å². The van der Waals surface area contributed by atoms with Crippen LogP contribution in [0.5, 0.6) is 11.5 Å². The second kappa shape index (κ2) is 4.68. The Morgan fingerprint density at radius 3 is 3.15 bits per heavy atom. The van der Waals surface area contributed by atoms with Crippen molar-refractivity contribution in [1.82, 2.24) is 0 Å². The van der Waals surface area contributed by atoms with Crippen molar-refractivity contribution < 1.29 is 14.3 Å². The smallest absolute Gasteiger partial charge is 0.166 e. The highest BCUT2D eigenvalue weighted by Crippen LogP contribution is 2.54. The molecule has 1 aromatic carbocycles. The van der Waals surface area contributed by atoms with E-state index in [1.54, 1.807) is 19.2 Å². The quantitative estimate of drug-likeness (QED) is 0.625. The zero-order chi connectivity index (χ0) is 14.2. The third-order valence-electron chi connectivity index (χ3n) is 4.18. The molecule has 1 aliphatic heterocycles. The average molecular weight is 269 g/mol. The van der Waals surface area contributed by atoms with E-state index in [1.807, 2.05) is 6.08 Å². The van der Waals surface area contributed by atoms with Crippen LogP contribution in [0.1, 0.15) is 35.2 Å². The minimum atomic E-state index is -0.521. The number of carbonyl (C=O) groups is 1. The van der Waals surface area contributed by atoms with Crippen molar-refractivity contribution in [2.75, 3.05) is 7.11 Å². The number of ether oxygens (including phenoxy) is 2. The van der Waals surface area contributed by atoms with E-state index in [4.69, 9.17) is 9.47 Å². The zero-order valence-electron chi connectivity index (χ0n) is 11.3. The van der Waals surface area contributed by atoms with Gasteiger partial charge in [0.15, 0.2) is 17.8 Å². The summed E-state index contributed by atoms with van der Waals surface area (Å²) in [6.07, 6.45) is 6.89. The van der Waals surface area contributed by atoms with Gasteiger partial charge in [-0.1, -0.05) is 12.2 Å². The van der Waals surface area contributed by atoms with Gasteiger partial charge >= 0.3 is 0 Å². The summed E-state index contributed by atoms with van der Waals surface area (Å²) in [5, 5.41) is 9.22. The average Bonchev–Trinajstić information content (AvgIpc) is 2.82. The summed E-state index contributed by atoms with van der Waals surface area (Å²) in [5.74, 6) is 1.23. The van der Waals surface area contributed by atoms with Gasteiger partial charge in [-0.3, -0.25) is 4.79 Å².